The molecule has 1 aromatic rings. The van der Waals surface area contributed by atoms with Crippen LogP contribution in [0.4, 0.5) is 0 Å². The lowest BCUT2D eigenvalue weighted by Crippen LogP contribution is -2.35. The van der Waals surface area contributed by atoms with Gasteiger partial charge in [-0.05, 0) is 31.7 Å². The first-order chi connectivity index (χ1) is 7.36. The maximum atomic E-state index is 11.3. The molecular weight excluding hydrogens is 200 g/mol. The van der Waals surface area contributed by atoms with Crippen molar-refractivity contribution < 1.29 is 9.90 Å². The zero-order valence-electron chi connectivity index (χ0n) is 10.4. The second kappa shape index (κ2) is 4.69. The minimum absolute atomic E-state index is 0.117. The molecule has 0 saturated heterocycles. The van der Waals surface area contributed by atoms with E-state index < -0.39 is 11.4 Å². The molecule has 0 spiro atoms. The topological polar surface area (TPSA) is 37.3 Å². The fourth-order valence-corrected chi connectivity index (χ4v) is 1.66. The highest BCUT2D eigenvalue weighted by molar-refractivity contribution is 5.74. The van der Waals surface area contributed by atoms with E-state index in [0.717, 1.165) is 5.56 Å². The Morgan fingerprint density at radius 2 is 1.81 bits per heavy atom. The van der Waals surface area contributed by atoms with Crippen LogP contribution in [0.2, 0.25) is 0 Å². The highest BCUT2D eigenvalue weighted by Gasteiger charge is 2.36. The molecular formula is C14H20O2. The molecule has 88 valence electrons. The van der Waals surface area contributed by atoms with Gasteiger partial charge in [0, 0.05) is 0 Å². The van der Waals surface area contributed by atoms with Gasteiger partial charge in [-0.3, -0.25) is 4.79 Å². The maximum absolute atomic E-state index is 11.3. The lowest BCUT2D eigenvalue weighted by atomic mass is 9.74. The smallest absolute Gasteiger partial charge is 0.309 e. The molecule has 1 aromatic carbocycles. The second-order valence-electron chi connectivity index (χ2n) is 5.04. The molecule has 16 heavy (non-hydrogen) atoms. The predicted octanol–water partition coefficient (Wildman–Crippen LogP) is 3.28. The Balaban J connectivity index is 2.93. The van der Waals surface area contributed by atoms with Crippen molar-refractivity contribution in [1.82, 2.24) is 0 Å². The third kappa shape index (κ3) is 2.63. The number of carbonyl (C=O) groups is 1. The zero-order chi connectivity index (χ0) is 12.3. The van der Waals surface area contributed by atoms with E-state index in [4.69, 9.17) is 0 Å². The Kier molecular flexibility index (Phi) is 3.74. The van der Waals surface area contributed by atoms with E-state index in [0.29, 0.717) is 6.42 Å². The van der Waals surface area contributed by atoms with Crippen LogP contribution in [-0.2, 0) is 11.2 Å². The molecule has 1 rings (SSSR count). The molecule has 2 nitrogen and oxygen atoms in total. The summed E-state index contributed by atoms with van der Waals surface area (Å²) >= 11 is 0. The summed E-state index contributed by atoms with van der Waals surface area (Å²) in [7, 11) is 0. The van der Waals surface area contributed by atoms with Crippen LogP contribution in [0, 0.1) is 18.3 Å². The van der Waals surface area contributed by atoms with Crippen LogP contribution in [0.1, 0.15) is 31.9 Å². The van der Waals surface area contributed by atoms with Gasteiger partial charge in [-0.1, -0.05) is 43.7 Å². The van der Waals surface area contributed by atoms with Gasteiger partial charge < -0.3 is 5.11 Å². The molecule has 0 aliphatic heterocycles. The lowest BCUT2D eigenvalue weighted by molar-refractivity contribution is -0.150. The summed E-state index contributed by atoms with van der Waals surface area (Å²) in [4.78, 5) is 11.3. The first-order valence-electron chi connectivity index (χ1n) is 5.65. The van der Waals surface area contributed by atoms with Crippen molar-refractivity contribution >= 4 is 5.97 Å². The van der Waals surface area contributed by atoms with Gasteiger partial charge >= 0.3 is 5.97 Å². The van der Waals surface area contributed by atoms with E-state index in [2.05, 4.69) is 0 Å². The van der Waals surface area contributed by atoms with Crippen LogP contribution in [0.3, 0.4) is 0 Å². The molecule has 1 unspecified atom stereocenters. The first kappa shape index (κ1) is 12.8. The van der Waals surface area contributed by atoms with Crippen molar-refractivity contribution in [2.24, 2.45) is 11.3 Å². The second-order valence-corrected chi connectivity index (χ2v) is 5.04. The van der Waals surface area contributed by atoms with Gasteiger partial charge in [0.25, 0.3) is 0 Å². The molecule has 0 bridgehead atoms. The first-order valence-corrected chi connectivity index (χ1v) is 5.65. The van der Waals surface area contributed by atoms with Crippen LogP contribution in [0.25, 0.3) is 0 Å². The van der Waals surface area contributed by atoms with E-state index in [-0.39, 0.29) is 5.92 Å². The van der Waals surface area contributed by atoms with Crippen LogP contribution >= 0.6 is 0 Å². The highest BCUT2D eigenvalue weighted by Crippen LogP contribution is 2.31. The molecule has 0 radical (unpaired) electrons. The number of benzene rings is 1. The molecule has 0 saturated carbocycles. The fourth-order valence-electron chi connectivity index (χ4n) is 1.66. The summed E-state index contributed by atoms with van der Waals surface area (Å²) in [6.07, 6.45) is 0.584. The van der Waals surface area contributed by atoms with E-state index in [1.807, 2.05) is 52.0 Å². The van der Waals surface area contributed by atoms with Crippen LogP contribution < -0.4 is 0 Å². The number of hydrogen-bond acceptors (Lipinski definition) is 1. The van der Waals surface area contributed by atoms with E-state index in [1.165, 1.54) is 5.56 Å². The molecule has 0 amide bonds. The molecule has 0 aromatic heterocycles. The lowest BCUT2D eigenvalue weighted by Gasteiger charge is -2.29. The number of rotatable bonds is 4. The normalized spacial score (nSPS) is 14.8. The minimum Gasteiger partial charge on any atom is -0.481 e. The van der Waals surface area contributed by atoms with Gasteiger partial charge in [0.2, 0.25) is 0 Å². The third-order valence-electron chi connectivity index (χ3n) is 3.45. The summed E-state index contributed by atoms with van der Waals surface area (Å²) in [5, 5.41) is 9.32. The minimum atomic E-state index is -0.719. The Bertz CT molecular complexity index is 365. The third-order valence-corrected chi connectivity index (χ3v) is 3.45. The molecule has 0 fully saturated rings. The van der Waals surface area contributed by atoms with Crippen molar-refractivity contribution in [3.8, 4) is 0 Å². The number of hydrogen-bond donors (Lipinski definition) is 1. The van der Waals surface area contributed by atoms with E-state index in [9.17, 15) is 9.90 Å². The van der Waals surface area contributed by atoms with Gasteiger partial charge in [-0.15, -0.1) is 0 Å². The summed E-state index contributed by atoms with van der Waals surface area (Å²) in [5.41, 5.74) is 1.60. The molecule has 2 heteroatoms. The summed E-state index contributed by atoms with van der Waals surface area (Å²) in [6, 6.07) is 8.08. The number of carboxylic acid groups (broad SMARTS) is 1. The van der Waals surface area contributed by atoms with Crippen molar-refractivity contribution in [2.45, 2.75) is 34.1 Å². The predicted molar refractivity (Wildman–Crippen MR) is 65.5 cm³/mol. The van der Waals surface area contributed by atoms with E-state index >= 15 is 0 Å². The Morgan fingerprint density at radius 3 is 2.19 bits per heavy atom. The Hall–Kier alpha value is -1.31. The van der Waals surface area contributed by atoms with Crippen LogP contribution in [0.15, 0.2) is 24.3 Å². The van der Waals surface area contributed by atoms with Gasteiger partial charge in [-0.2, -0.15) is 0 Å². The van der Waals surface area contributed by atoms with Gasteiger partial charge in [0.15, 0.2) is 0 Å². The summed E-state index contributed by atoms with van der Waals surface area (Å²) < 4.78 is 0. The largest absolute Gasteiger partial charge is 0.481 e. The molecule has 1 atom stereocenters. The molecule has 0 aliphatic carbocycles. The van der Waals surface area contributed by atoms with Gasteiger partial charge in [0.05, 0.1) is 5.41 Å². The number of aryl methyl sites for hydroxylation is 1. The maximum Gasteiger partial charge on any atom is 0.309 e. The Labute approximate surface area is 97.3 Å². The van der Waals surface area contributed by atoms with E-state index in [1.54, 1.807) is 0 Å². The average molecular weight is 220 g/mol. The SMILES string of the molecule is Cc1ccc(CC(C)(C(=O)O)C(C)C)cc1. The van der Waals surface area contributed by atoms with Crippen molar-refractivity contribution in [3.63, 3.8) is 0 Å². The summed E-state index contributed by atoms with van der Waals surface area (Å²) in [5.74, 6) is -0.602. The monoisotopic (exact) mass is 220 g/mol. The molecule has 1 N–H and O–H groups in total. The fraction of sp³-hybridized carbons (Fsp3) is 0.500. The molecule has 0 heterocycles. The van der Waals surface area contributed by atoms with Gasteiger partial charge in [-0.25, -0.2) is 0 Å². The summed E-state index contributed by atoms with van der Waals surface area (Å²) in [6.45, 7) is 7.77. The molecule has 0 aliphatic rings. The zero-order valence-corrected chi connectivity index (χ0v) is 10.4. The van der Waals surface area contributed by atoms with Gasteiger partial charge in [0.1, 0.15) is 0 Å². The standard InChI is InChI=1S/C14H20O2/c1-10(2)14(4,13(15)16)9-12-7-5-11(3)6-8-12/h5-8,10H,9H2,1-4H3,(H,15,16). The van der Waals surface area contributed by atoms with Crippen molar-refractivity contribution in [3.05, 3.63) is 35.4 Å². The quantitative estimate of drug-likeness (QED) is 0.845. The Morgan fingerprint density at radius 1 is 1.31 bits per heavy atom. The highest BCUT2D eigenvalue weighted by atomic mass is 16.4. The van der Waals surface area contributed by atoms with Crippen molar-refractivity contribution in [1.29, 1.82) is 0 Å². The number of carboxylic acids is 1. The van der Waals surface area contributed by atoms with Crippen molar-refractivity contribution in [2.75, 3.05) is 0 Å². The average Bonchev–Trinajstić information content (AvgIpc) is 2.20. The number of aliphatic carboxylic acids is 1. The van der Waals surface area contributed by atoms with Crippen LogP contribution in [0.5, 0.6) is 0 Å². The van der Waals surface area contributed by atoms with Crippen LogP contribution in [-0.4, -0.2) is 11.1 Å².